The standard InChI is InChI=1S/C10H4F7NO2/c11-7-2-1-5(3-6(7)10(15,16)17)8(18(19)20)4-9(12,13)14/h1-4H. The predicted molar refractivity (Wildman–Crippen MR) is 52.4 cm³/mol. The van der Waals surface area contributed by atoms with Crippen molar-refractivity contribution in [3.05, 3.63) is 51.3 Å². The maximum absolute atomic E-state index is 12.9. The van der Waals surface area contributed by atoms with Gasteiger partial charge in [0.15, 0.2) is 0 Å². The Labute approximate surface area is 106 Å². The smallest absolute Gasteiger partial charge is 0.258 e. The van der Waals surface area contributed by atoms with E-state index in [4.69, 9.17) is 0 Å². The number of alkyl halides is 6. The Kier molecular flexibility index (Phi) is 4.06. The molecule has 0 saturated heterocycles. The van der Waals surface area contributed by atoms with Crippen molar-refractivity contribution in [2.75, 3.05) is 0 Å². The SMILES string of the molecule is O=[N+]([O-])C(=CC(F)(F)F)c1ccc(F)c(C(F)(F)F)c1. The van der Waals surface area contributed by atoms with E-state index in [9.17, 15) is 40.8 Å². The molecule has 0 amide bonds. The van der Waals surface area contributed by atoms with E-state index >= 15 is 0 Å². The second-order valence-corrected chi connectivity index (χ2v) is 3.52. The Morgan fingerprint density at radius 2 is 1.70 bits per heavy atom. The molecule has 0 spiro atoms. The fourth-order valence-electron chi connectivity index (χ4n) is 1.30. The van der Waals surface area contributed by atoms with E-state index in [-0.39, 0.29) is 12.1 Å². The molecule has 0 heterocycles. The van der Waals surface area contributed by atoms with Gasteiger partial charge < -0.3 is 0 Å². The molecule has 0 N–H and O–H groups in total. The van der Waals surface area contributed by atoms with Crippen LogP contribution >= 0.6 is 0 Å². The Morgan fingerprint density at radius 3 is 2.10 bits per heavy atom. The van der Waals surface area contributed by atoms with Gasteiger partial charge in [-0.05, 0) is 18.2 Å². The molecule has 20 heavy (non-hydrogen) atoms. The molecule has 0 fully saturated rings. The monoisotopic (exact) mass is 303 g/mol. The first-order valence-corrected chi connectivity index (χ1v) is 4.73. The first-order valence-electron chi connectivity index (χ1n) is 4.73. The summed E-state index contributed by atoms with van der Waals surface area (Å²) < 4.78 is 86.3. The Hall–Kier alpha value is -2.13. The summed E-state index contributed by atoms with van der Waals surface area (Å²) in [6, 6.07) is 0.631. The van der Waals surface area contributed by atoms with E-state index in [2.05, 4.69) is 0 Å². The zero-order valence-corrected chi connectivity index (χ0v) is 9.22. The molecule has 0 unspecified atom stereocenters. The van der Waals surface area contributed by atoms with Crippen molar-refractivity contribution in [3.63, 3.8) is 0 Å². The van der Waals surface area contributed by atoms with Crippen LogP contribution in [0, 0.1) is 15.9 Å². The highest BCUT2D eigenvalue weighted by Gasteiger charge is 2.36. The van der Waals surface area contributed by atoms with Crippen molar-refractivity contribution in [1.82, 2.24) is 0 Å². The third kappa shape index (κ3) is 3.93. The average molecular weight is 303 g/mol. The van der Waals surface area contributed by atoms with Crippen LogP contribution in [-0.4, -0.2) is 11.1 Å². The number of hydrogen-bond donors (Lipinski definition) is 0. The van der Waals surface area contributed by atoms with Crippen molar-refractivity contribution >= 4 is 5.70 Å². The molecule has 0 aromatic heterocycles. The van der Waals surface area contributed by atoms with Gasteiger partial charge in [-0.25, -0.2) is 4.39 Å². The molecule has 0 aliphatic rings. The van der Waals surface area contributed by atoms with Gasteiger partial charge in [-0.2, -0.15) is 26.3 Å². The second kappa shape index (κ2) is 5.10. The zero-order valence-electron chi connectivity index (χ0n) is 9.22. The molecule has 0 aliphatic heterocycles. The van der Waals surface area contributed by atoms with Crippen LogP contribution in [0.2, 0.25) is 0 Å². The van der Waals surface area contributed by atoms with Crippen LogP contribution in [0.5, 0.6) is 0 Å². The first kappa shape index (κ1) is 15.9. The minimum Gasteiger partial charge on any atom is -0.258 e. The van der Waals surface area contributed by atoms with E-state index in [0.29, 0.717) is 6.07 Å². The molecule has 0 atom stereocenters. The average Bonchev–Trinajstić information content (AvgIpc) is 2.23. The molecule has 0 bridgehead atoms. The number of halogens is 7. The lowest BCUT2D eigenvalue weighted by Gasteiger charge is -2.09. The van der Waals surface area contributed by atoms with E-state index < -0.39 is 46.0 Å². The highest BCUT2D eigenvalue weighted by molar-refractivity contribution is 5.60. The van der Waals surface area contributed by atoms with Crippen LogP contribution in [0.15, 0.2) is 24.3 Å². The van der Waals surface area contributed by atoms with E-state index in [1.807, 2.05) is 0 Å². The summed E-state index contributed by atoms with van der Waals surface area (Å²) in [7, 11) is 0. The Bertz CT molecular complexity index is 560. The molecule has 10 heteroatoms. The van der Waals surface area contributed by atoms with Crippen molar-refractivity contribution in [2.45, 2.75) is 12.4 Å². The number of hydrogen-bond acceptors (Lipinski definition) is 2. The molecule has 0 radical (unpaired) electrons. The van der Waals surface area contributed by atoms with Crippen molar-refractivity contribution in [1.29, 1.82) is 0 Å². The summed E-state index contributed by atoms with van der Waals surface area (Å²) in [5.74, 6) is -1.74. The molecule has 1 rings (SSSR count). The Morgan fingerprint density at radius 1 is 1.15 bits per heavy atom. The maximum Gasteiger partial charge on any atom is 0.419 e. The second-order valence-electron chi connectivity index (χ2n) is 3.52. The van der Waals surface area contributed by atoms with Gasteiger partial charge in [0, 0.05) is 0 Å². The molecule has 1 aromatic rings. The fraction of sp³-hybridized carbons (Fsp3) is 0.200. The van der Waals surface area contributed by atoms with Gasteiger partial charge >= 0.3 is 12.4 Å². The highest BCUT2D eigenvalue weighted by atomic mass is 19.4. The van der Waals surface area contributed by atoms with E-state index in [0.717, 1.165) is 0 Å². The maximum atomic E-state index is 12.9. The van der Waals surface area contributed by atoms with Gasteiger partial charge in [0.2, 0.25) is 0 Å². The lowest BCUT2D eigenvalue weighted by Crippen LogP contribution is -2.11. The molecular formula is C10H4F7NO2. The van der Waals surface area contributed by atoms with Gasteiger partial charge in [-0.3, -0.25) is 10.1 Å². The number of benzene rings is 1. The zero-order chi connectivity index (χ0) is 15.7. The van der Waals surface area contributed by atoms with Crippen LogP contribution in [0.3, 0.4) is 0 Å². The number of nitro groups is 1. The van der Waals surface area contributed by atoms with Gasteiger partial charge in [0.1, 0.15) is 5.82 Å². The molecule has 0 aliphatic carbocycles. The van der Waals surface area contributed by atoms with E-state index in [1.54, 1.807) is 0 Å². The van der Waals surface area contributed by atoms with Crippen molar-refractivity contribution in [2.24, 2.45) is 0 Å². The lowest BCUT2D eigenvalue weighted by atomic mass is 10.1. The third-order valence-electron chi connectivity index (χ3n) is 2.06. The lowest BCUT2D eigenvalue weighted by molar-refractivity contribution is -0.376. The molecule has 110 valence electrons. The number of allylic oxidation sites excluding steroid dienone is 1. The van der Waals surface area contributed by atoms with Crippen LogP contribution < -0.4 is 0 Å². The minimum absolute atomic E-state index is 0.0459. The van der Waals surface area contributed by atoms with Crippen LogP contribution in [-0.2, 0) is 6.18 Å². The number of rotatable bonds is 2. The van der Waals surface area contributed by atoms with Gasteiger partial charge in [-0.1, -0.05) is 0 Å². The van der Waals surface area contributed by atoms with Crippen LogP contribution in [0.25, 0.3) is 5.70 Å². The quantitative estimate of drug-likeness (QED) is 0.470. The number of nitrogens with zero attached hydrogens (tertiary/aromatic N) is 1. The highest BCUT2D eigenvalue weighted by Crippen LogP contribution is 2.34. The summed E-state index contributed by atoms with van der Waals surface area (Å²) in [6.07, 6.45) is -11.0. The summed E-state index contributed by atoms with van der Waals surface area (Å²) >= 11 is 0. The van der Waals surface area contributed by atoms with Crippen molar-refractivity contribution in [3.8, 4) is 0 Å². The van der Waals surface area contributed by atoms with Gasteiger partial charge in [0.05, 0.1) is 22.1 Å². The normalized spacial score (nSPS) is 13.4. The van der Waals surface area contributed by atoms with E-state index in [1.165, 1.54) is 0 Å². The summed E-state index contributed by atoms with van der Waals surface area (Å²) in [4.78, 5) is 8.99. The third-order valence-corrected chi connectivity index (χ3v) is 2.06. The topological polar surface area (TPSA) is 43.1 Å². The summed E-state index contributed by atoms with van der Waals surface area (Å²) in [5, 5.41) is 10.5. The summed E-state index contributed by atoms with van der Waals surface area (Å²) in [5.41, 5.74) is -4.49. The molecule has 3 nitrogen and oxygen atoms in total. The summed E-state index contributed by atoms with van der Waals surface area (Å²) in [6.45, 7) is 0. The molecular weight excluding hydrogens is 299 g/mol. The molecule has 1 aromatic carbocycles. The van der Waals surface area contributed by atoms with Gasteiger partial charge in [-0.15, -0.1) is 0 Å². The van der Waals surface area contributed by atoms with Crippen LogP contribution in [0.4, 0.5) is 30.7 Å². The fourth-order valence-corrected chi connectivity index (χ4v) is 1.30. The Balaban J connectivity index is 3.45. The predicted octanol–water partition coefficient (Wildman–Crippen LogP) is 4.02. The first-order chi connectivity index (χ1) is 8.92. The van der Waals surface area contributed by atoms with Crippen molar-refractivity contribution < 1.29 is 35.7 Å². The van der Waals surface area contributed by atoms with Gasteiger partial charge in [0.25, 0.3) is 5.70 Å². The minimum atomic E-state index is -5.18. The molecule has 0 saturated carbocycles. The largest absolute Gasteiger partial charge is 0.419 e. The van der Waals surface area contributed by atoms with Crippen LogP contribution in [0.1, 0.15) is 11.1 Å².